The number of H-pyrrole nitrogens is 1. The Bertz CT molecular complexity index is 981. The first kappa shape index (κ1) is 21.1. The molecule has 1 N–H and O–H groups in total. The topological polar surface area (TPSA) is 129 Å². The number of nitrogens with one attached hydrogen (secondary N) is 1. The van der Waals surface area contributed by atoms with Crippen LogP contribution in [0.5, 0.6) is 0 Å². The lowest BCUT2D eigenvalue weighted by Gasteiger charge is -2.12. The Morgan fingerprint density at radius 1 is 1.21 bits per heavy atom. The minimum atomic E-state index is -1.26. The molecule has 1 aromatic heterocycles. The summed E-state index contributed by atoms with van der Waals surface area (Å²) in [5.41, 5.74) is 0.233. The fourth-order valence-electron chi connectivity index (χ4n) is 2.71. The Hall–Kier alpha value is -3.20. The molecule has 10 heteroatoms. The number of nitro groups is 1. The molecule has 1 unspecified atom stereocenters. The van der Waals surface area contributed by atoms with Crippen molar-refractivity contribution in [2.24, 2.45) is 0 Å². The SMILES string of the molecule is COC(=O)c1c(C)[nH]c(C(=O)C(C)OC(=O)c2ccc(Cl)cc2[N+](=O)[O-])c1C. The number of aromatic amines is 1. The number of ether oxygens (including phenoxy) is 2. The number of Topliss-reactive ketones (excluding diaryl/α,β-unsaturated/α-hetero) is 1. The number of aryl methyl sites for hydroxylation is 1. The maximum atomic E-state index is 12.7. The first-order valence-corrected chi connectivity index (χ1v) is 8.42. The van der Waals surface area contributed by atoms with Crippen molar-refractivity contribution in [1.29, 1.82) is 0 Å². The standard InChI is InChI=1S/C18H17ClN2O7/c1-8-14(18(24)27-4)9(2)20-15(8)16(22)10(3)28-17(23)12-6-5-11(19)7-13(12)21(25)26/h5-7,10,20H,1-4H3. The van der Waals surface area contributed by atoms with E-state index in [0.29, 0.717) is 11.3 Å². The minimum Gasteiger partial charge on any atom is -0.465 e. The molecule has 1 aromatic carbocycles. The number of carbonyl (C=O) groups excluding carboxylic acids is 3. The fraction of sp³-hybridized carbons (Fsp3) is 0.278. The number of ketones is 1. The van der Waals surface area contributed by atoms with Crippen molar-refractivity contribution in [2.75, 3.05) is 7.11 Å². The summed E-state index contributed by atoms with van der Waals surface area (Å²) in [4.78, 5) is 50.0. The average Bonchev–Trinajstić information content (AvgIpc) is 2.94. The van der Waals surface area contributed by atoms with Gasteiger partial charge in [0, 0.05) is 16.8 Å². The molecule has 9 nitrogen and oxygen atoms in total. The largest absolute Gasteiger partial charge is 0.465 e. The van der Waals surface area contributed by atoms with Crippen LogP contribution in [-0.4, -0.2) is 40.8 Å². The zero-order chi connectivity index (χ0) is 21.2. The lowest BCUT2D eigenvalue weighted by Crippen LogP contribution is -2.25. The van der Waals surface area contributed by atoms with Crippen molar-refractivity contribution in [3.8, 4) is 0 Å². The molecule has 0 saturated carbocycles. The van der Waals surface area contributed by atoms with Gasteiger partial charge in [-0.05, 0) is 38.5 Å². The van der Waals surface area contributed by atoms with Crippen molar-refractivity contribution in [3.63, 3.8) is 0 Å². The summed E-state index contributed by atoms with van der Waals surface area (Å²) in [6.45, 7) is 4.49. The summed E-state index contributed by atoms with van der Waals surface area (Å²) in [5, 5.41) is 11.2. The summed E-state index contributed by atoms with van der Waals surface area (Å²) in [6, 6.07) is 3.48. The highest BCUT2D eigenvalue weighted by Gasteiger charge is 2.29. The van der Waals surface area contributed by atoms with Gasteiger partial charge in [0.25, 0.3) is 5.69 Å². The first-order valence-electron chi connectivity index (χ1n) is 8.05. The average molecular weight is 409 g/mol. The quantitative estimate of drug-likeness (QED) is 0.335. The second-order valence-corrected chi connectivity index (χ2v) is 6.38. The maximum Gasteiger partial charge on any atom is 0.345 e. The van der Waals surface area contributed by atoms with Gasteiger partial charge >= 0.3 is 11.9 Å². The van der Waals surface area contributed by atoms with Gasteiger partial charge in [-0.15, -0.1) is 0 Å². The van der Waals surface area contributed by atoms with Crippen LogP contribution < -0.4 is 0 Å². The molecule has 0 saturated heterocycles. The predicted octanol–water partition coefficient (Wildman–Crippen LogP) is 3.41. The van der Waals surface area contributed by atoms with Crippen molar-refractivity contribution in [3.05, 3.63) is 61.4 Å². The van der Waals surface area contributed by atoms with E-state index in [-0.39, 0.29) is 21.8 Å². The van der Waals surface area contributed by atoms with E-state index in [1.165, 1.54) is 20.1 Å². The van der Waals surface area contributed by atoms with E-state index in [1.54, 1.807) is 13.8 Å². The van der Waals surface area contributed by atoms with Crippen molar-refractivity contribution in [1.82, 2.24) is 4.98 Å². The number of nitro benzene ring substituents is 1. The molecule has 148 valence electrons. The van der Waals surface area contributed by atoms with Crippen molar-refractivity contribution in [2.45, 2.75) is 26.9 Å². The zero-order valence-electron chi connectivity index (χ0n) is 15.5. The molecule has 0 aliphatic heterocycles. The van der Waals surface area contributed by atoms with Crippen LogP contribution in [0.1, 0.15) is 49.4 Å². The van der Waals surface area contributed by atoms with Gasteiger partial charge < -0.3 is 14.5 Å². The van der Waals surface area contributed by atoms with Crippen LogP contribution in [0.25, 0.3) is 0 Å². The van der Waals surface area contributed by atoms with E-state index in [0.717, 1.165) is 12.1 Å². The van der Waals surface area contributed by atoms with E-state index < -0.39 is 34.4 Å². The van der Waals surface area contributed by atoms with E-state index in [2.05, 4.69) is 9.72 Å². The molecule has 0 bridgehead atoms. The number of aromatic nitrogens is 1. The molecule has 0 spiro atoms. The van der Waals surface area contributed by atoms with Gasteiger partial charge in [-0.25, -0.2) is 9.59 Å². The fourth-order valence-corrected chi connectivity index (χ4v) is 2.88. The Balaban J connectivity index is 2.28. The second-order valence-electron chi connectivity index (χ2n) is 5.95. The van der Waals surface area contributed by atoms with Gasteiger partial charge in [0.2, 0.25) is 5.78 Å². The molecule has 1 heterocycles. The Morgan fingerprint density at radius 3 is 2.43 bits per heavy atom. The Kier molecular flexibility index (Phi) is 6.19. The lowest BCUT2D eigenvalue weighted by atomic mass is 10.1. The highest BCUT2D eigenvalue weighted by Crippen LogP contribution is 2.25. The Morgan fingerprint density at radius 2 is 1.86 bits per heavy atom. The Labute approximate surface area is 164 Å². The summed E-state index contributed by atoms with van der Waals surface area (Å²) in [7, 11) is 1.22. The number of carbonyl (C=O) groups is 3. The van der Waals surface area contributed by atoms with Crippen LogP contribution in [-0.2, 0) is 9.47 Å². The molecule has 0 amide bonds. The van der Waals surface area contributed by atoms with Gasteiger partial charge in [0.1, 0.15) is 5.56 Å². The summed E-state index contributed by atoms with van der Waals surface area (Å²) in [5.74, 6) is -2.24. The van der Waals surface area contributed by atoms with Crippen molar-refractivity contribution >= 4 is 35.0 Å². The summed E-state index contributed by atoms with van der Waals surface area (Å²) < 4.78 is 9.79. The number of halogens is 1. The molecular formula is C18H17ClN2O7. The molecule has 2 aromatic rings. The van der Waals surface area contributed by atoms with Crippen LogP contribution in [0.3, 0.4) is 0 Å². The number of esters is 2. The van der Waals surface area contributed by atoms with E-state index in [4.69, 9.17) is 16.3 Å². The predicted molar refractivity (Wildman–Crippen MR) is 98.9 cm³/mol. The third-order valence-corrected chi connectivity index (χ3v) is 4.34. The highest BCUT2D eigenvalue weighted by atomic mass is 35.5. The normalized spacial score (nSPS) is 11.6. The number of hydrogen-bond acceptors (Lipinski definition) is 7. The second kappa shape index (κ2) is 8.22. The molecule has 1 atom stereocenters. The third-order valence-electron chi connectivity index (χ3n) is 4.10. The monoisotopic (exact) mass is 408 g/mol. The van der Waals surface area contributed by atoms with Gasteiger partial charge in [0.05, 0.1) is 23.3 Å². The van der Waals surface area contributed by atoms with Gasteiger partial charge in [0.15, 0.2) is 6.10 Å². The maximum absolute atomic E-state index is 12.7. The number of hydrogen-bond donors (Lipinski definition) is 1. The number of nitrogens with zero attached hydrogens (tertiary/aromatic N) is 1. The van der Waals surface area contributed by atoms with Gasteiger partial charge in [-0.3, -0.25) is 14.9 Å². The molecule has 0 aliphatic carbocycles. The van der Waals surface area contributed by atoms with E-state index in [9.17, 15) is 24.5 Å². The molecule has 0 fully saturated rings. The lowest BCUT2D eigenvalue weighted by molar-refractivity contribution is -0.385. The van der Waals surface area contributed by atoms with Crippen LogP contribution >= 0.6 is 11.6 Å². The van der Waals surface area contributed by atoms with Crippen LogP contribution in [0, 0.1) is 24.0 Å². The minimum absolute atomic E-state index is 0.0835. The highest BCUT2D eigenvalue weighted by molar-refractivity contribution is 6.31. The molecule has 0 radical (unpaired) electrons. The number of rotatable bonds is 6. The van der Waals surface area contributed by atoms with E-state index >= 15 is 0 Å². The van der Waals surface area contributed by atoms with Crippen LogP contribution in [0.2, 0.25) is 5.02 Å². The van der Waals surface area contributed by atoms with Crippen molar-refractivity contribution < 1.29 is 28.8 Å². The molecule has 28 heavy (non-hydrogen) atoms. The van der Waals surface area contributed by atoms with Gasteiger partial charge in [-0.2, -0.15) is 0 Å². The molecule has 0 aliphatic rings. The molecule has 2 rings (SSSR count). The number of methoxy groups -OCH3 is 1. The summed E-state index contributed by atoms with van der Waals surface area (Å²) in [6.07, 6.45) is -1.26. The first-order chi connectivity index (χ1) is 13.1. The third kappa shape index (κ3) is 4.04. The van der Waals surface area contributed by atoms with Crippen LogP contribution in [0.15, 0.2) is 18.2 Å². The smallest absolute Gasteiger partial charge is 0.345 e. The number of benzene rings is 1. The van der Waals surface area contributed by atoms with Gasteiger partial charge in [-0.1, -0.05) is 11.6 Å². The van der Waals surface area contributed by atoms with Crippen LogP contribution in [0.4, 0.5) is 5.69 Å². The summed E-state index contributed by atoms with van der Waals surface area (Å²) >= 11 is 5.72. The molecular weight excluding hydrogens is 392 g/mol. The zero-order valence-corrected chi connectivity index (χ0v) is 16.2. The van der Waals surface area contributed by atoms with E-state index in [1.807, 2.05) is 0 Å².